The van der Waals surface area contributed by atoms with Gasteiger partial charge in [0.1, 0.15) is 5.65 Å². The average molecular weight is 380 g/mol. The van der Waals surface area contributed by atoms with Gasteiger partial charge in [-0.3, -0.25) is 10.7 Å². The third kappa shape index (κ3) is 3.30. The molecule has 3 aromatic heterocycles. The summed E-state index contributed by atoms with van der Waals surface area (Å²) in [5.41, 5.74) is 6.82. The van der Waals surface area contributed by atoms with Crippen molar-refractivity contribution in [3.63, 3.8) is 0 Å². The van der Waals surface area contributed by atoms with Crippen molar-refractivity contribution in [2.45, 2.75) is 31.4 Å². The minimum atomic E-state index is -0.496. The largest absolute Gasteiger partial charge is 0.388 e. The van der Waals surface area contributed by atoms with Gasteiger partial charge >= 0.3 is 0 Å². The maximum atomic E-state index is 10.9. The Balaban J connectivity index is 1.43. The van der Waals surface area contributed by atoms with E-state index in [1.54, 1.807) is 12.3 Å². The zero-order chi connectivity index (χ0) is 19.1. The van der Waals surface area contributed by atoms with Crippen LogP contribution in [0.2, 0.25) is 0 Å². The number of nitrogens with zero attached hydrogens (tertiary/aromatic N) is 3. The van der Waals surface area contributed by atoms with E-state index in [1.165, 1.54) is 18.4 Å². The Morgan fingerprint density at radius 1 is 1.25 bits per heavy atom. The first-order valence-corrected chi connectivity index (χ1v) is 9.71. The zero-order valence-electron chi connectivity index (χ0n) is 15.5. The molecule has 1 saturated carbocycles. The summed E-state index contributed by atoms with van der Waals surface area (Å²) in [5.74, 6) is 1.24. The van der Waals surface area contributed by atoms with Gasteiger partial charge in [0, 0.05) is 54.9 Å². The number of fused-ring (bicyclic) bond motifs is 1. The van der Waals surface area contributed by atoms with Crippen molar-refractivity contribution in [2.24, 2.45) is 5.92 Å². The van der Waals surface area contributed by atoms with E-state index in [0.29, 0.717) is 18.3 Å². The van der Waals surface area contributed by atoms with E-state index >= 15 is 0 Å². The lowest BCUT2D eigenvalue weighted by molar-refractivity contribution is 0.0774. The van der Waals surface area contributed by atoms with Crippen LogP contribution in [-0.4, -0.2) is 37.8 Å². The first-order valence-electron chi connectivity index (χ1n) is 9.71. The molecule has 0 spiro atoms. The predicted octanol–water partition coefficient (Wildman–Crippen LogP) is 2.27. The molecule has 5 N–H and O–H groups in total. The van der Waals surface area contributed by atoms with E-state index in [0.717, 1.165) is 35.7 Å². The number of nitrogens with one attached hydrogen (secondary N) is 3. The van der Waals surface area contributed by atoms with E-state index in [1.807, 2.05) is 17.7 Å². The fraction of sp³-hybridized carbons (Fsp3) is 0.400. The van der Waals surface area contributed by atoms with Crippen LogP contribution in [0.25, 0.3) is 5.65 Å². The van der Waals surface area contributed by atoms with E-state index < -0.39 is 6.10 Å². The number of aliphatic hydroxyl groups excluding tert-OH is 1. The maximum absolute atomic E-state index is 10.9. The Hall–Kier alpha value is -2.68. The molecule has 1 aliphatic carbocycles. The van der Waals surface area contributed by atoms with Crippen LogP contribution in [0.4, 0.5) is 11.5 Å². The molecule has 5 rings (SSSR count). The van der Waals surface area contributed by atoms with Crippen molar-refractivity contribution in [1.82, 2.24) is 19.7 Å². The predicted molar refractivity (Wildman–Crippen MR) is 105 cm³/mol. The van der Waals surface area contributed by atoms with Gasteiger partial charge in [-0.2, -0.15) is 0 Å². The Morgan fingerprint density at radius 2 is 2.11 bits per heavy atom. The first-order chi connectivity index (χ1) is 13.7. The molecule has 8 nitrogen and oxygen atoms in total. The molecule has 2 fully saturated rings. The summed E-state index contributed by atoms with van der Waals surface area (Å²) in [5, 5.41) is 26.4. The average Bonchev–Trinajstić information content (AvgIpc) is 3.44. The highest BCUT2D eigenvalue weighted by Crippen LogP contribution is 2.41. The fourth-order valence-electron chi connectivity index (χ4n) is 3.72. The van der Waals surface area contributed by atoms with Gasteiger partial charge in [0.05, 0.1) is 18.3 Å². The van der Waals surface area contributed by atoms with Crippen LogP contribution >= 0.6 is 0 Å². The Morgan fingerprint density at radius 3 is 2.82 bits per heavy atom. The highest BCUT2D eigenvalue weighted by Gasteiger charge is 2.31. The van der Waals surface area contributed by atoms with Gasteiger partial charge in [0.2, 0.25) is 0 Å². The van der Waals surface area contributed by atoms with Crippen LogP contribution in [0.5, 0.6) is 0 Å². The number of hydrogen-bond donors (Lipinski definition) is 5. The normalized spacial score (nSPS) is 18.1. The highest BCUT2D eigenvalue weighted by atomic mass is 16.5. The summed E-state index contributed by atoms with van der Waals surface area (Å²) in [6, 6.07) is 5.71. The molecular formula is C20H24N6O2. The molecule has 1 aliphatic heterocycles. The van der Waals surface area contributed by atoms with Crippen LogP contribution in [0, 0.1) is 5.92 Å². The molecule has 1 atom stereocenters. The van der Waals surface area contributed by atoms with Gasteiger partial charge in [0.25, 0.3) is 0 Å². The summed E-state index contributed by atoms with van der Waals surface area (Å²) >= 11 is 0. The van der Waals surface area contributed by atoms with Gasteiger partial charge in [-0.05, 0) is 36.5 Å². The number of aromatic nitrogens is 3. The smallest absolute Gasteiger partial charge is 0.151 e. The molecule has 8 heteroatoms. The topological polar surface area (TPSA) is 107 Å². The molecule has 3 aromatic rings. The molecule has 28 heavy (non-hydrogen) atoms. The summed E-state index contributed by atoms with van der Waals surface area (Å²) < 4.78 is 2.06. The summed E-state index contributed by atoms with van der Waals surface area (Å²) in [6.45, 7) is 2.23. The van der Waals surface area contributed by atoms with Crippen LogP contribution in [-0.2, 0) is 6.54 Å². The van der Waals surface area contributed by atoms with E-state index in [9.17, 15) is 5.11 Å². The van der Waals surface area contributed by atoms with Gasteiger partial charge in [-0.25, -0.2) is 9.97 Å². The maximum Gasteiger partial charge on any atom is 0.151 e. The Bertz CT molecular complexity index is 996. The summed E-state index contributed by atoms with van der Waals surface area (Å²) in [7, 11) is 0. The molecule has 2 aliphatic rings. The second-order valence-electron chi connectivity index (χ2n) is 7.72. The molecule has 1 saturated heterocycles. The minimum absolute atomic E-state index is 0.248. The summed E-state index contributed by atoms with van der Waals surface area (Å²) in [6.07, 6.45) is 7.74. The molecule has 146 valence electrons. The fourth-order valence-corrected chi connectivity index (χ4v) is 3.72. The highest BCUT2D eigenvalue weighted by molar-refractivity contribution is 5.54. The number of imidazole rings is 1. The Labute approximate surface area is 162 Å². The number of anilines is 2. The number of rotatable bonds is 7. The van der Waals surface area contributed by atoms with Gasteiger partial charge < -0.3 is 20.1 Å². The lowest BCUT2D eigenvalue weighted by atomic mass is 9.90. The molecular weight excluding hydrogens is 356 g/mol. The lowest BCUT2D eigenvalue weighted by Gasteiger charge is -2.32. The second kappa shape index (κ2) is 7.05. The van der Waals surface area contributed by atoms with Crippen LogP contribution in [0.15, 0.2) is 36.8 Å². The lowest BCUT2D eigenvalue weighted by Crippen LogP contribution is -2.45. The van der Waals surface area contributed by atoms with Crippen molar-refractivity contribution in [3.8, 4) is 0 Å². The molecule has 0 bridgehead atoms. The van der Waals surface area contributed by atoms with Gasteiger partial charge in [0.15, 0.2) is 5.82 Å². The van der Waals surface area contributed by atoms with Crippen molar-refractivity contribution in [3.05, 3.63) is 53.6 Å². The molecule has 0 amide bonds. The summed E-state index contributed by atoms with van der Waals surface area (Å²) in [4.78, 5) is 8.78. The molecule has 1 unspecified atom stereocenters. The number of aliphatic hydroxyl groups is 1. The standard InChI is InChI=1S/C20H24N6O2/c27-19(14-7-21-8-14)17-5-13(12-1-2-12)10-26-11-16(24-20(17)26)9-23-15-3-4-22-18(6-15)25-28/h3-6,10-12,14,19,21,27-28H,1-2,7-9H2,(H2,22,23,25). The van der Waals surface area contributed by atoms with Gasteiger partial charge in [-0.1, -0.05) is 0 Å². The van der Waals surface area contributed by atoms with E-state index in [4.69, 9.17) is 10.2 Å². The van der Waals surface area contributed by atoms with Crippen LogP contribution in [0.1, 0.15) is 41.7 Å². The molecule has 0 aromatic carbocycles. The van der Waals surface area contributed by atoms with Crippen molar-refractivity contribution in [2.75, 3.05) is 23.9 Å². The van der Waals surface area contributed by atoms with Crippen LogP contribution < -0.4 is 16.1 Å². The SMILES string of the molecule is ONc1cc(NCc2cn3cc(C4CC4)cc(C(O)C4CNC4)c3n2)ccn1. The zero-order valence-corrected chi connectivity index (χ0v) is 15.5. The van der Waals surface area contributed by atoms with E-state index in [-0.39, 0.29) is 5.92 Å². The number of hydrogen-bond acceptors (Lipinski definition) is 7. The van der Waals surface area contributed by atoms with Crippen LogP contribution in [0.3, 0.4) is 0 Å². The number of pyridine rings is 2. The molecule has 0 radical (unpaired) electrons. The molecule has 4 heterocycles. The van der Waals surface area contributed by atoms with E-state index in [2.05, 4.69) is 32.3 Å². The monoisotopic (exact) mass is 380 g/mol. The minimum Gasteiger partial charge on any atom is -0.388 e. The van der Waals surface area contributed by atoms with Crippen molar-refractivity contribution in [1.29, 1.82) is 0 Å². The quantitative estimate of drug-likeness (QED) is 0.400. The second-order valence-corrected chi connectivity index (χ2v) is 7.72. The van der Waals surface area contributed by atoms with Crippen molar-refractivity contribution >= 4 is 17.2 Å². The first kappa shape index (κ1) is 17.4. The third-order valence-electron chi connectivity index (χ3n) is 5.63. The van der Waals surface area contributed by atoms with Gasteiger partial charge in [-0.15, -0.1) is 0 Å². The Kier molecular flexibility index (Phi) is 4.38. The van der Waals surface area contributed by atoms with Crippen molar-refractivity contribution < 1.29 is 10.3 Å². The third-order valence-corrected chi connectivity index (χ3v) is 5.63.